The molecule has 0 aliphatic heterocycles. The molecule has 0 aliphatic carbocycles. The number of nitrogens with one attached hydrogen (secondary N) is 1. The van der Waals surface area contributed by atoms with Gasteiger partial charge in [-0.25, -0.2) is 0 Å². The van der Waals surface area contributed by atoms with Gasteiger partial charge >= 0.3 is 0 Å². The SMILES string of the molecule is CCCCCCCCCC/C=C/C(O)C(CS(=O)(=O)O)NC(=O)C(O)CCCCCCCCCCCCCCCCC. The van der Waals surface area contributed by atoms with Gasteiger partial charge in [-0.2, -0.15) is 8.42 Å². The number of amides is 1. The topological polar surface area (TPSA) is 124 Å². The van der Waals surface area contributed by atoms with E-state index < -0.39 is 40.0 Å². The molecule has 0 saturated carbocycles. The molecule has 0 fully saturated rings. The van der Waals surface area contributed by atoms with Crippen LogP contribution in [-0.2, 0) is 14.9 Å². The van der Waals surface area contributed by atoms with Crippen LogP contribution < -0.4 is 5.32 Å². The van der Waals surface area contributed by atoms with Crippen molar-refractivity contribution in [1.29, 1.82) is 0 Å². The zero-order chi connectivity index (χ0) is 31.3. The fraction of sp³-hybridized carbons (Fsp3) is 0.912. The lowest BCUT2D eigenvalue weighted by Gasteiger charge is -2.22. The fourth-order valence-electron chi connectivity index (χ4n) is 5.34. The number of aliphatic hydroxyl groups is 2. The summed E-state index contributed by atoms with van der Waals surface area (Å²) in [6.07, 6.45) is 29.8. The van der Waals surface area contributed by atoms with Crippen molar-refractivity contribution in [2.75, 3.05) is 5.75 Å². The number of carbonyl (C=O) groups is 1. The number of rotatable bonds is 31. The quantitative estimate of drug-likeness (QED) is 0.0352. The van der Waals surface area contributed by atoms with E-state index in [1.165, 1.54) is 115 Å². The number of allylic oxidation sites excluding steroid dienone is 1. The third-order valence-corrected chi connectivity index (χ3v) is 8.85. The largest absolute Gasteiger partial charge is 0.387 e. The molecule has 0 radical (unpaired) electrons. The summed E-state index contributed by atoms with van der Waals surface area (Å²) >= 11 is 0. The van der Waals surface area contributed by atoms with Crippen LogP contribution in [0.15, 0.2) is 12.2 Å². The Bertz CT molecular complexity index is 742. The minimum atomic E-state index is -4.43. The molecule has 0 rings (SSSR count). The normalized spacial score (nSPS) is 14.3. The summed E-state index contributed by atoms with van der Waals surface area (Å²) in [7, 11) is -4.43. The van der Waals surface area contributed by atoms with E-state index >= 15 is 0 Å². The average molecular weight is 618 g/mol. The Morgan fingerprint density at radius 3 is 1.43 bits per heavy atom. The summed E-state index contributed by atoms with van der Waals surface area (Å²) in [5, 5.41) is 23.2. The lowest BCUT2D eigenvalue weighted by atomic mass is 10.0. The van der Waals surface area contributed by atoms with Gasteiger partial charge < -0.3 is 15.5 Å². The van der Waals surface area contributed by atoms with Gasteiger partial charge in [-0.3, -0.25) is 9.35 Å². The lowest BCUT2D eigenvalue weighted by Crippen LogP contribution is -2.50. The van der Waals surface area contributed by atoms with Gasteiger partial charge in [-0.15, -0.1) is 0 Å². The Morgan fingerprint density at radius 2 is 1.02 bits per heavy atom. The van der Waals surface area contributed by atoms with E-state index in [4.69, 9.17) is 0 Å². The smallest absolute Gasteiger partial charge is 0.267 e. The molecule has 0 bridgehead atoms. The average Bonchev–Trinajstić information content (AvgIpc) is 2.94. The maximum atomic E-state index is 12.5. The molecule has 0 spiro atoms. The molecular weight excluding hydrogens is 550 g/mol. The van der Waals surface area contributed by atoms with Gasteiger partial charge in [0.2, 0.25) is 5.91 Å². The molecule has 7 nitrogen and oxygen atoms in total. The first-order chi connectivity index (χ1) is 20.2. The minimum absolute atomic E-state index is 0.285. The number of carbonyl (C=O) groups excluding carboxylic acids is 1. The Labute approximate surface area is 259 Å². The van der Waals surface area contributed by atoms with Crippen LogP contribution >= 0.6 is 0 Å². The molecule has 0 saturated heterocycles. The Morgan fingerprint density at radius 1 is 0.643 bits per heavy atom. The molecule has 0 heterocycles. The molecule has 1 amide bonds. The molecule has 42 heavy (non-hydrogen) atoms. The third-order valence-electron chi connectivity index (χ3n) is 8.07. The highest BCUT2D eigenvalue weighted by Gasteiger charge is 2.27. The zero-order valence-electron chi connectivity index (χ0n) is 27.2. The maximum absolute atomic E-state index is 12.5. The highest BCUT2D eigenvalue weighted by molar-refractivity contribution is 7.85. The van der Waals surface area contributed by atoms with Crippen molar-refractivity contribution in [2.24, 2.45) is 0 Å². The highest BCUT2D eigenvalue weighted by Crippen LogP contribution is 2.15. The summed E-state index contributed by atoms with van der Waals surface area (Å²) in [5.41, 5.74) is 0. The third kappa shape index (κ3) is 27.8. The summed E-state index contributed by atoms with van der Waals surface area (Å²) in [5.74, 6) is -1.53. The van der Waals surface area contributed by atoms with Crippen LogP contribution in [0.2, 0.25) is 0 Å². The first-order valence-electron chi connectivity index (χ1n) is 17.5. The van der Waals surface area contributed by atoms with E-state index in [1.807, 2.05) is 0 Å². The monoisotopic (exact) mass is 617 g/mol. The fourth-order valence-corrected chi connectivity index (χ4v) is 6.07. The molecule has 3 atom stereocenters. The van der Waals surface area contributed by atoms with E-state index in [2.05, 4.69) is 19.2 Å². The number of unbranched alkanes of at least 4 members (excludes halogenated alkanes) is 22. The van der Waals surface area contributed by atoms with E-state index in [-0.39, 0.29) is 6.42 Å². The minimum Gasteiger partial charge on any atom is -0.387 e. The molecule has 0 aromatic carbocycles. The van der Waals surface area contributed by atoms with Gasteiger partial charge in [0.15, 0.2) is 0 Å². The Kier molecular flexibility index (Phi) is 28.1. The van der Waals surface area contributed by atoms with Crippen LogP contribution in [-0.4, -0.2) is 53.1 Å². The van der Waals surface area contributed by atoms with Crippen molar-refractivity contribution < 1.29 is 28.0 Å². The predicted molar refractivity (Wildman–Crippen MR) is 176 cm³/mol. The molecule has 250 valence electrons. The first kappa shape index (κ1) is 41.0. The molecule has 3 unspecified atom stereocenters. The molecule has 8 heteroatoms. The standard InChI is InChI=1S/C34H67NO6S/c1-3-5-7-9-11-13-15-16-17-18-19-21-23-25-27-29-33(37)34(38)35-31(30-42(39,40)41)32(36)28-26-24-22-20-14-12-10-8-6-4-2/h26,28,31-33,36-37H,3-25,27,29-30H2,1-2H3,(H,35,38)(H,39,40,41)/b28-26+. The Balaban J connectivity index is 4.09. The van der Waals surface area contributed by atoms with Crippen molar-refractivity contribution in [3.05, 3.63) is 12.2 Å². The van der Waals surface area contributed by atoms with Crippen molar-refractivity contribution in [2.45, 2.75) is 193 Å². The van der Waals surface area contributed by atoms with Gasteiger partial charge in [-0.05, 0) is 19.3 Å². The van der Waals surface area contributed by atoms with Crippen molar-refractivity contribution in [1.82, 2.24) is 5.32 Å². The first-order valence-corrected chi connectivity index (χ1v) is 19.1. The van der Waals surface area contributed by atoms with Crippen molar-refractivity contribution in [3.8, 4) is 0 Å². The van der Waals surface area contributed by atoms with Crippen LogP contribution in [0.3, 0.4) is 0 Å². The molecule has 4 N–H and O–H groups in total. The summed E-state index contributed by atoms with van der Waals surface area (Å²) in [6, 6.07) is -1.22. The van der Waals surface area contributed by atoms with E-state index in [1.54, 1.807) is 6.08 Å². The summed E-state index contributed by atoms with van der Waals surface area (Å²) < 4.78 is 32.3. The molecule has 0 aromatic rings. The van der Waals surface area contributed by atoms with Crippen LogP contribution in [0.4, 0.5) is 0 Å². The summed E-state index contributed by atoms with van der Waals surface area (Å²) in [4.78, 5) is 12.5. The van der Waals surface area contributed by atoms with Crippen LogP contribution in [0.1, 0.15) is 174 Å². The molecule has 0 aliphatic rings. The Hall–Kier alpha value is -0.960. The van der Waals surface area contributed by atoms with E-state index in [9.17, 15) is 28.0 Å². The number of hydrogen-bond donors (Lipinski definition) is 4. The van der Waals surface area contributed by atoms with E-state index in [0.29, 0.717) is 6.42 Å². The molecular formula is C34H67NO6S. The van der Waals surface area contributed by atoms with Gasteiger partial charge in [0.25, 0.3) is 10.1 Å². The highest BCUT2D eigenvalue weighted by atomic mass is 32.2. The van der Waals surface area contributed by atoms with Crippen LogP contribution in [0, 0.1) is 0 Å². The summed E-state index contributed by atoms with van der Waals surface area (Å²) in [6.45, 7) is 4.46. The van der Waals surface area contributed by atoms with Crippen LogP contribution in [0.5, 0.6) is 0 Å². The van der Waals surface area contributed by atoms with Crippen molar-refractivity contribution >= 4 is 16.0 Å². The predicted octanol–water partition coefficient (Wildman–Crippen LogP) is 8.43. The zero-order valence-corrected chi connectivity index (χ0v) is 28.1. The second-order valence-electron chi connectivity index (χ2n) is 12.3. The number of aliphatic hydroxyl groups excluding tert-OH is 2. The van der Waals surface area contributed by atoms with Gasteiger partial charge in [-0.1, -0.05) is 167 Å². The van der Waals surface area contributed by atoms with Crippen molar-refractivity contribution in [3.63, 3.8) is 0 Å². The van der Waals surface area contributed by atoms with Gasteiger partial charge in [0, 0.05) is 0 Å². The maximum Gasteiger partial charge on any atom is 0.267 e. The lowest BCUT2D eigenvalue weighted by molar-refractivity contribution is -0.130. The second kappa shape index (κ2) is 28.8. The van der Waals surface area contributed by atoms with E-state index in [0.717, 1.165) is 38.5 Å². The van der Waals surface area contributed by atoms with Gasteiger partial charge in [0.1, 0.15) is 6.10 Å². The number of hydrogen-bond acceptors (Lipinski definition) is 5. The van der Waals surface area contributed by atoms with Gasteiger partial charge in [0.05, 0.1) is 17.9 Å². The molecule has 0 aromatic heterocycles. The second-order valence-corrected chi connectivity index (χ2v) is 13.8. The van der Waals surface area contributed by atoms with Crippen LogP contribution in [0.25, 0.3) is 0 Å².